The lowest BCUT2D eigenvalue weighted by molar-refractivity contribution is 0.356. The lowest BCUT2D eigenvalue weighted by Crippen LogP contribution is -1.96. The van der Waals surface area contributed by atoms with E-state index in [1.807, 2.05) is 30.5 Å². The van der Waals surface area contributed by atoms with Gasteiger partial charge in [0.25, 0.3) is 0 Å². The molecule has 0 amide bonds. The van der Waals surface area contributed by atoms with Gasteiger partial charge in [-0.25, -0.2) is 15.0 Å². The van der Waals surface area contributed by atoms with Crippen LogP contribution < -0.4 is 15.2 Å². The van der Waals surface area contributed by atoms with Gasteiger partial charge in [-0.3, -0.25) is 0 Å². The van der Waals surface area contributed by atoms with Crippen molar-refractivity contribution in [2.45, 2.75) is 17.8 Å². The summed E-state index contributed by atoms with van der Waals surface area (Å²) in [5, 5.41) is 3.57. The molecule has 2 N–H and O–H groups in total. The molecule has 0 radical (unpaired) electrons. The molecule has 3 aromatic rings. The zero-order valence-electron chi connectivity index (χ0n) is 14.1. The van der Waals surface area contributed by atoms with Crippen molar-refractivity contribution in [3.63, 3.8) is 0 Å². The number of thiazole rings is 1. The first-order chi connectivity index (χ1) is 12.1. The maximum atomic E-state index is 5.76. The van der Waals surface area contributed by atoms with Crippen LogP contribution in [0.5, 0.6) is 11.5 Å². The van der Waals surface area contributed by atoms with Gasteiger partial charge in [-0.15, -0.1) is 11.3 Å². The van der Waals surface area contributed by atoms with Gasteiger partial charge in [0.05, 0.1) is 25.5 Å². The molecule has 0 saturated heterocycles. The Kier molecular flexibility index (Phi) is 5.40. The number of nitrogens with two attached hydrogens (primary N) is 1. The van der Waals surface area contributed by atoms with E-state index in [2.05, 4.69) is 9.97 Å². The van der Waals surface area contributed by atoms with Crippen molar-refractivity contribution in [1.29, 1.82) is 0 Å². The largest absolute Gasteiger partial charge is 0.493 e. The average Bonchev–Trinajstić information content (AvgIpc) is 3.07. The molecule has 0 bridgehead atoms. The molecule has 8 heteroatoms. The fraction of sp³-hybridized carbons (Fsp3) is 0.235. The molecule has 0 aliphatic rings. The standard InChI is InChI=1S/C17H18N4O2S2/c1-10-7-14(18)21-17(19-10)25-9-11-8-24-16(20-11)12-5-4-6-13(22-2)15(12)23-3/h4-8H,9H2,1-3H3,(H2,18,19,21). The minimum atomic E-state index is 0.482. The minimum Gasteiger partial charge on any atom is -0.493 e. The highest BCUT2D eigenvalue weighted by Crippen LogP contribution is 2.39. The number of hydrogen-bond acceptors (Lipinski definition) is 8. The number of aryl methyl sites for hydroxylation is 1. The summed E-state index contributed by atoms with van der Waals surface area (Å²) in [5.74, 6) is 2.53. The van der Waals surface area contributed by atoms with Crippen molar-refractivity contribution >= 4 is 28.9 Å². The Morgan fingerprint density at radius 2 is 2.00 bits per heavy atom. The smallest absolute Gasteiger partial charge is 0.190 e. The lowest BCUT2D eigenvalue weighted by atomic mass is 10.2. The number of ether oxygens (including phenoxy) is 2. The number of nitrogens with zero attached hydrogens (tertiary/aromatic N) is 3. The molecule has 6 nitrogen and oxygen atoms in total. The summed E-state index contributed by atoms with van der Waals surface area (Å²) in [4.78, 5) is 13.3. The van der Waals surface area contributed by atoms with Gasteiger partial charge < -0.3 is 15.2 Å². The second-order valence-corrected chi connectivity index (χ2v) is 6.99. The van der Waals surface area contributed by atoms with Gasteiger partial charge >= 0.3 is 0 Å². The molecule has 2 heterocycles. The lowest BCUT2D eigenvalue weighted by Gasteiger charge is -2.10. The zero-order chi connectivity index (χ0) is 17.8. The zero-order valence-corrected chi connectivity index (χ0v) is 15.8. The van der Waals surface area contributed by atoms with Gasteiger partial charge in [0.1, 0.15) is 10.8 Å². The van der Waals surface area contributed by atoms with Crippen LogP contribution in [-0.4, -0.2) is 29.2 Å². The highest BCUT2D eigenvalue weighted by atomic mass is 32.2. The van der Waals surface area contributed by atoms with Crippen LogP contribution in [0.1, 0.15) is 11.4 Å². The number of aromatic nitrogens is 3. The van der Waals surface area contributed by atoms with E-state index in [0.29, 0.717) is 28.2 Å². The summed E-state index contributed by atoms with van der Waals surface area (Å²) in [6.45, 7) is 1.90. The van der Waals surface area contributed by atoms with Crippen molar-refractivity contribution in [3.8, 4) is 22.1 Å². The van der Waals surface area contributed by atoms with Gasteiger partial charge in [0, 0.05) is 22.9 Å². The maximum Gasteiger partial charge on any atom is 0.190 e. The number of rotatable bonds is 6. The molecule has 1 aromatic carbocycles. The Hall–Kier alpha value is -2.32. The van der Waals surface area contributed by atoms with E-state index in [1.165, 1.54) is 11.8 Å². The predicted molar refractivity (Wildman–Crippen MR) is 101 cm³/mol. The number of nitrogen functional groups attached to an aromatic ring is 1. The molecule has 130 valence electrons. The van der Waals surface area contributed by atoms with Crippen LogP contribution in [0.25, 0.3) is 10.6 Å². The first-order valence-electron chi connectivity index (χ1n) is 7.50. The third-order valence-corrected chi connectivity index (χ3v) is 5.19. The number of thioether (sulfide) groups is 1. The van der Waals surface area contributed by atoms with E-state index in [0.717, 1.165) is 22.0 Å². The molecule has 0 unspecified atom stereocenters. The van der Waals surface area contributed by atoms with Crippen LogP contribution in [0.15, 0.2) is 34.8 Å². The minimum absolute atomic E-state index is 0.482. The van der Waals surface area contributed by atoms with Crippen LogP contribution in [0, 0.1) is 6.92 Å². The molecule has 3 rings (SSSR count). The van der Waals surface area contributed by atoms with Crippen molar-refractivity contribution in [3.05, 3.63) is 41.0 Å². The molecule has 0 fully saturated rings. The van der Waals surface area contributed by atoms with E-state index in [-0.39, 0.29) is 0 Å². The van der Waals surface area contributed by atoms with Crippen molar-refractivity contribution < 1.29 is 9.47 Å². The van der Waals surface area contributed by atoms with Crippen LogP contribution in [0.2, 0.25) is 0 Å². The normalized spacial score (nSPS) is 10.7. The maximum absolute atomic E-state index is 5.76. The van der Waals surface area contributed by atoms with Crippen molar-refractivity contribution in [1.82, 2.24) is 15.0 Å². The SMILES string of the molecule is COc1cccc(-c2nc(CSc3nc(C)cc(N)n3)cs2)c1OC. The van der Waals surface area contributed by atoms with Gasteiger partial charge in [-0.2, -0.15) is 0 Å². The fourth-order valence-corrected chi connectivity index (χ4v) is 4.07. The molecule has 0 atom stereocenters. The number of benzene rings is 1. The first kappa shape index (κ1) is 17.5. The second kappa shape index (κ2) is 7.71. The summed E-state index contributed by atoms with van der Waals surface area (Å²) >= 11 is 3.08. The average molecular weight is 374 g/mol. The quantitative estimate of drug-likeness (QED) is 0.519. The Balaban J connectivity index is 1.79. The molecule has 0 aliphatic carbocycles. The molecule has 0 spiro atoms. The van der Waals surface area contributed by atoms with E-state index < -0.39 is 0 Å². The first-order valence-corrected chi connectivity index (χ1v) is 9.37. The molecule has 25 heavy (non-hydrogen) atoms. The van der Waals surface area contributed by atoms with Crippen molar-refractivity contribution in [2.75, 3.05) is 20.0 Å². The number of para-hydroxylation sites is 1. The second-order valence-electron chi connectivity index (χ2n) is 5.19. The molecule has 2 aromatic heterocycles. The molecule has 0 aliphatic heterocycles. The third kappa shape index (κ3) is 4.02. The van der Waals surface area contributed by atoms with Gasteiger partial charge in [0.2, 0.25) is 0 Å². The monoisotopic (exact) mass is 374 g/mol. The van der Waals surface area contributed by atoms with E-state index in [1.54, 1.807) is 31.6 Å². The Morgan fingerprint density at radius 1 is 1.16 bits per heavy atom. The van der Waals surface area contributed by atoms with E-state index >= 15 is 0 Å². The number of methoxy groups -OCH3 is 2. The summed E-state index contributed by atoms with van der Waals surface area (Å²) in [6.07, 6.45) is 0. The summed E-state index contributed by atoms with van der Waals surface area (Å²) in [7, 11) is 3.25. The van der Waals surface area contributed by atoms with Crippen LogP contribution in [0.4, 0.5) is 5.82 Å². The van der Waals surface area contributed by atoms with Gasteiger partial charge in [-0.1, -0.05) is 17.8 Å². The predicted octanol–water partition coefficient (Wildman–Crippen LogP) is 3.80. The summed E-state index contributed by atoms with van der Waals surface area (Å²) in [5.41, 5.74) is 8.49. The topological polar surface area (TPSA) is 83.2 Å². The Morgan fingerprint density at radius 3 is 2.72 bits per heavy atom. The van der Waals surface area contributed by atoms with Gasteiger partial charge in [0.15, 0.2) is 16.7 Å². The summed E-state index contributed by atoms with van der Waals surface area (Å²) in [6, 6.07) is 7.52. The number of hydrogen-bond donors (Lipinski definition) is 1. The number of anilines is 1. The van der Waals surface area contributed by atoms with E-state index in [4.69, 9.17) is 20.2 Å². The van der Waals surface area contributed by atoms with Crippen molar-refractivity contribution in [2.24, 2.45) is 0 Å². The molecular weight excluding hydrogens is 356 g/mol. The summed E-state index contributed by atoms with van der Waals surface area (Å²) < 4.78 is 10.8. The Bertz CT molecular complexity index is 863. The van der Waals surface area contributed by atoms with Crippen LogP contribution in [0.3, 0.4) is 0 Å². The highest BCUT2D eigenvalue weighted by molar-refractivity contribution is 7.98. The molecule has 0 saturated carbocycles. The Labute approximate surface area is 154 Å². The molecular formula is C17H18N4O2S2. The van der Waals surface area contributed by atoms with E-state index in [9.17, 15) is 0 Å². The van der Waals surface area contributed by atoms with Crippen LogP contribution in [-0.2, 0) is 5.75 Å². The third-order valence-electron chi connectivity index (χ3n) is 3.39. The van der Waals surface area contributed by atoms with Gasteiger partial charge in [-0.05, 0) is 19.1 Å². The fourth-order valence-electron chi connectivity index (χ4n) is 2.32. The highest BCUT2D eigenvalue weighted by Gasteiger charge is 2.15. The van der Waals surface area contributed by atoms with Crippen LogP contribution >= 0.6 is 23.1 Å².